The van der Waals surface area contributed by atoms with Crippen molar-refractivity contribution in [2.75, 3.05) is 13.2 Å². The van der Waals surface area contributed by atoms with Gasteiger partial charge in [-0.2, -0.15) is 0 Å². The van der Waals surface area contributed by atoms with Crippen molar-refractivity contribution in [2.24, 2.45) is 0 Å². The van der Waals surface area contributed by atoms with Crippen LogP contribution < -0.4 is 14.8 Å². The summed E-state index contributed by atoms with van der Waals surface area (Å²) in [6, 6.07) is 13.3. The van der Waals surface area contributed by atoms with E-state index < -0.39 is 5.97 Å². The van der Waals surface area contributed by atoms with E-state index in [1.165, 1.54) is 5.56 Å². The van der Waals surface area contributed by atoms with Crippen molar-refractivity contribution in [3.63, 3.8) is 0 Å². The third-order valence-corrected chi connectivity index (χ3v) is 4.17. The summed E-state index contributed by atoms with van der Waals surface area (Å²) in [4.78, 5) is 22.2. The first-order valence-electron chi connectivity index (χ1n) is 8.85. The van der Waals surface area contributed by atoms with Crippen LogP contribution in [0.4, 0.5) is 0 Å². The Morgan fingerprint density at radius 3 is 2.33 bits per heavy atom. The summed E-state index contributed by atoms with van der Waals surface area (Å²) in [5.41, 5.74) is 3.12. The number of benzene rings is 2. The molecule has 6 heteroatoms. The second kappa shape index (κ2) is 10.2. The van der Waals surface area contributed by atoms with Crippen molar-refractivity contribution in [1.82, 2.24) is 5.32 Å². The Kier molecular flexibility index (Phi) is 7.67. The number of para-hydroxylation sites is 1. The molecule has 0 aliphatic rings. The molecule has 27 heavy (non-hydrogen) atoms. The van der Waals surface area contributed by atoms with Gasteiger partial charge in [-0.25, -0.2) is 0 Å². The highest BCUT2D eigenvalue weighted by atomic mass is 16.5. The number of amides is 1. The molecule has 2 aromatic carbocycles. The van der Waals surface area contributed by atoms with Crippen LogP contribution in [-0.2, 0) is 16.1 Å². The minimum atomic E-state index is -0.988. The lowest BCUT2D eigenvalue weighted by molar-refractivity contribution is -0.138. The summed E-state index contributed by atoms with van der Waals surface area (Å²) in [6.45, 7) is 5.13. The van der Waals surface area contributed by atoms with Crippen molar-refractivity contribution >= 4 is 11.9 Å². The van der Waals surface area contributed by atoms with Crippen molar-refractivity contribution in [3.05, 3.63) is 59.2 Å². The van der Waals surface area contributed by atoms with Crippen LogP contribution in [-0.4, -0.2) is 30.2 Å². The van der Waals surface area contributed by atoms with Crippen molar-refractivity contribution in [1.29, 1.82) is 0 Å². The predicted molar refractivity (Wildman–Crippen MR) is 102 cm³/mol. The van der Waals surface area contributed by atoms with Gasteiger partial charge in [0.15, 0.2) is 0 Å². The number of carboxylic acids is 1. The summed E-state index contributed by atoms with van der Waals surface area (Å²) in [6.07, 6.45) is -0.220. The summed E-state index contributed by atoms with van der Waals surface area (Å²) in [5, 5.41) is 11.3. The highest BCUT2D eigenvalue weighted by Crippen LogP contribution is 2.21. The lowest BCUT2D eigenvalue weighted by Gasteiger charge is -2.14. The maximum Gasteiger partial charge on any atom is 0.303 e. The molecule has 0 fully saturated rings. The number of carboxylic acid groups (broad SMARTS) is 1. The largest absolute Gasteiger partial charge is 0.490 e. The molecule has 0 aliphatic heterocycles. The van der Waals surface area contributed by atoms with Crippen LogP contribution in [0.25, 0.3) is 0 Å². The molecule has 0 aromatic heterocycles. The van der Waals surface area contributed by atoms with E-state index in [9.17, 15) is 9.59 Å². The van der Waals surface area contributed by atoms with Crippen molar-refractivity contribution < 1.29 is 24.2 Å². The van der Waals surface area contributed by atoms with Crippen LogP contribution in [0.5, 0.6) is 11.5 Å². The Morgan fingerprint density at radius 1 is 0.926 bits per heavy atom. The average Bonchev–Trinajstić information content (AvgIpc) is 2.65. The first kappa shape index (κ1) is 20.3. The van der Waals surface area contributed by atoms with Gasteiger partial charge in [0.1, 0.15) is 24.7 Å². The molecule has 0 radical (unpaired) electrons. The quantitative estimate of drug-likeness (QED) is 0.626. The van der Waals surface area contributed by atoms with Crippen LogP contribution >= 0.6 is 0 Å². The van der Waals surface area contributed by atoms with Crippen molar-refractivity contribution in [3.8, 4) is 11.5 Å². The Labute approximate surface area is 159 Å². The lowest BCUT2D eigenvalue weighted by atomic mass is 10.1. The maximum absolute atomic E-state index is 11.7. The van der Waals surface area contributed by atoms with E-state index in [2.05, 4.69) is 5.32 Å². The van der Waals surface area contributed by atoms with Gasteiger partial charge in [0.25, 0.3) is 0 Å². The third kappa shape index (κ3) is 6.66. The monoisotopic (exact) mass is 371 g/mol. The topological polar surface area (TPSA) is 84.9 Å². The molecule has 0 unspecified atom stereocenters. The number of aliphatic carboxylic acids is 1. The van der Waals surface area contributed by atoms with Crippen LogP contribution in [0, 0.1) is 13.8 Å². The summed E-state index contributed by atoms with van der Waals surface area (Å²) >= 11 is 0. The number of hydrogen-bond donors (Lipinski definition) is 2. The smallest absolute Gasteiger partial charge is 0.303 e. The summed E-state index contributed by atoms with van der Waals surface area (Å²) < 4.78 is 11.6. The Hall–Kier alpha value is -3.02. The minimum Gasteiger partial charge on any atom is -0.490 e. The molecule has 6 nitrogen and oxygen atoms in total. The fourth-order valence-corrected chi connectivity index (χ4v) is 2.48. The molecule has 1 amide bonds. The fraction of sp³-hybridized carbons (Fsp3) is 0.333. The van der Waals surface area contributed by atoms with Gasteiger partial charge in [-0.15, -0.1) is 0 Å². The van der Waals surface area contributed by atoms with Gasteiger partial charge in [-0.05, 0) is 37.1 Å². The zero-order chi connectivity index (χ0) is 19.6. The van der Waals surface area contributed by atoms with Gasteiger partial charge in [-0.3, -0.25) is 9.59 Å². The van der Waals surface area contributed by atoms with Gasteiger partial charge in [-0.1, -0.05) is 30.3 Å². The van der Waals surface area contributed by atoms with E-state index in [0.717, 1.165) is 16.9 Å². The van der Waals surface area contributed by atoms with Crippen LogP contribution in [0.1, 0.15) is 29.5 Å². The fourth-order valence-electron chi connectivity index (χ4n) is 2.48. The molecule has 0 saturated carbocycles. The normalized spacial score (nSPS) is 10.3. The number of nitrogens with one attached hydrogen (secondary N) is 1. The number of hydrogen-bond acceptors (Lipinski definition) is 4. The maximum atomic E-state index is 11.7. The van der Waals surface area contributed by atoms with Crippen molar-refractivity contribution in [2.45, 2.75) is 33.2 Å². The standard InChI is InChI=1S/C21H25NO5/c1-15-6-5-9-18(16(15)2)26-12-13-27-19-8-4-3-7-17(19)14-22-20(23)10-11-21(24)25/h3-9H,10-14H2,1-2H3,(H,22,23)(H,24,25). The SMILES string of the molecule is Cc1cccc(OCCOc2ccccc2CNC(=O)CCC(=O)O)c1C. The molecular weight excluding hydrogens is 346 g/mol. The minimum absolute atomic E-state index is 0.0396. The highest BCUT2D eigenvalue weighted by molar-refractivity contribution is 5.80. The number of ether oxygens (including phenoxy) is 2. The van der Waals surface area contributed by atoms with E-state index in [4.69, 9.17) is 14.6 Å². The second-order valence-corrected chi connectivity index (χ2v) is 6.17. The Bertz CT molecular complexity index is 788. The highest BCUT2D eigenvalue weighted by Gasteiger charge is 2.08. The van der Waals surface area contributed by atoms with Gasteiger partial charge < -0.3 is 19.9 Å². The van der Waals surface area contributed by atoms with Gasteiger partial charge in [0.2, 0.25) is 5.91 Å². The Balaban J connectivity index is 1.82. The summed E-state index contributed by atoms with van der Waals surface area (Å²) in [7, 11) is 0. The molecule has 0 bridgehead atoms. The first-order chi connectivity index (χ1) is 13.0. The van der Waals surface area contributed by atoms with Crippen LogP contribution in [0.15, 0.2) is 42.5 Å². The molecule has 144 valence electrons. The molecule has 0 spiro atoms. The predicted octanol–water partition coefficient (Wildman–Crippen LogP) is 3.24. The van der Waals surface area contributed by atoms with E-state index >= 15 is 0 Å². The average molecular weight is 371 g/mol. The molecule has 0 heterocycles. The zero-order valence-corrected chi connectivity index (χ0v) is 15.7. The zero-order valence-electron chi connectivity index (χ0n) is 15.7. The number of carbonyl (C=O) groups is 2. The van der Waals surface area contributed by atoms with Gasteiger partial charge in [0.05, 0.1) is 6.42 Å². The molecule has 0 aliphatic carbocycles. The molecule has 0 saturated heterocycles. The van der Waals surface area contributed by atoms with E-state index in [0.29, 0.717) is 19.0 Å². The number of rotatable bonds is 10. The molecule has 2 N–H and O–H groups in total. The lowest BCUT2D eigenvalue weighted by Crippen LogP contribution is -2.23. The molecule has 2 rings (SSSR count). The Morgan fingerprint density at radius 2 is 1.59 bits per heavy atom. The molecular formula is C21H25NO5. The van der Waals surface area contributed by atoms with E-state index in [1.54, 1.807) is 0 Å². The third-order valence-electron chi connectivity index (χ3n) is 4.17. The molecule has 0 atom stereocenters. The summed E-state index contributed by atoms with van der Waals surface area (Å²) in [5.74, 6) is 0.223. The van der Waals surface area contributed by atoms with E-state index in [-0.39, 0.29) is 25.3 Å². The first-order valence-corrected chi connectivity index (χ1v) is 8.85. The van der Waals surface area contributed by atoms with Crippen LogP contribution in [0.3, 0.4) is 0 Å². The second-order valence-electron chi connectivity index (χ2n) is 6.17. The number of aryl methyl sites for hydroxylation is 1. The van der Waals surface area contributed by atoms with Crippen LogP contribution in [0.2, 0.25) is 0 Å². The molecule has 2 aromatic rings. The van der Waals surface area contributed by atoms with Gasteiger partial charge >= 0.3 is 5.97 Å². The number of carbonyl (C=O) groups excluding carboxylic acids is 1. The van der Waals surface area contributed by atoms with E-state index in [1.807, 2.05) is 56.3 Å². The van der Waals surface area contributed by atoms with Gasteiger partial charge in [0, 0.05) is 18.5 Å².